The zero-order chi connectivity index (χ0) is 12.2. The zero-order valence-corrected chi connectivity index (χ0v) is 8.43. The largest absolute Gasteiger partial charge is 0.397 e. The molecule has 1 aromatic rings. The molecule has 0 spiro atoms. The predicted molar refractivity (Wildman–Crippen MR) is 53.1 cm³/mol. The molecule has 7 heteroatoms. The highest BCUT2D eigenvalue weighted by Gasteiger charge is 2.31. The average Bonchev–Trinajstić information content (AvgIpc) is 2.16. The third-order valence-electron chi connectivity index (χ3n) is 1.66. The van der Waals surface area contributed by atoms with E-state index in [0.717, 1.165) is 0 Å². The van der Waals surface area contributed by atoms with Crippen LogP contribution in [0.25, 0.3) is 0 Å². The summed E-state index contributed by atoms with van der Waals surface area (Å²) in [7, 11) is 1.66. The number of carbonyl (C=O) groups is 1. The molecule has 16 heavy (non-hydrogen) atoms. The Kier molecular flexibility index (Phi) is 3.70. The number of pyridine rings is 1. The second kappa shape index (κ2) is 4.82. The highest BCUT2D eigenvalue weighted by molar-refractivity contribution is 5.91. The third kappa shape index (κ3) is 4.16. The molecular formula is C9H10F3N3O. The number of hydrogen-bond donors (Lipinski definition) is 2. The summed E-state index contributed by atoms with van der Waals surface area (Å²) in [4.78, 5) is 14.7. The van der Waals surface area contributed by atoms with Gasteiger partial charge < -0.3 is 10.6 Å². The summed E-state index contributed by atoms with van der Waals surface area (Å²) in [5, 5.41) is 4.84. The number of anilines is 2. The zero-order valence-electron chi connectivity index (χ0n) is 8.43. The third-order valence-corrected chi connectivity index (χ3v) is 1.66. The van der Waals surface area contributed by atoms with Gasteiger partial charge in [-0.2, -0.15) is 13.2 Å². The molecule has 2 N–H and O–H groups in total. The smallest absolute Gasteiger partial charge is 0.373 e. The maximum Gasteiger partial charge on any atom is 0.397 e. The van der Waals surface area contributed by atoms with Gasteiger partial charge in [0.15, 0.2) is 0 Å². The van der Waals surface area contributed by atoms with Crippen molar-refractivity contribution in [2.45, 2.75) is 12.6 Å². The molecule has 0 saturated carbocycles. The molecule has 0 bridgehead atoms. The van der Waals surface area contributed by atoms with Gasteiger partial charge in [-0.1, -0.05) is 0 Å². The van der Waals surface area contributed by atoms with Crippen molar-refractivity contribution < 1.29 is 18.0 Å². The minimum absolute atomic E-state index is 0.230. The van der Waals surface area contributed by atoms with Crippen molar-refractivity contribution in [3.63, 3.8) is 0 Å². The van der Waals surface area contributed by atoms with Crippen molar-refractivity contribution in [1.82, 2.24) is 4.98 Å². The molecule has 88 valence electrons. The van der Waals surface area contributed by atoms with Crippen molar-refractivity contribution in [1.29, 1.82) is 0 Å². The number of carbonyl (C=O) groups excluding carboxylic acids is 1. The Balaban J connectivity index is 2.56. The molecule has 1 amide bonds. The van der Waals surface area contributed by atoms with Gasteiger partial charge in [-0.15, -0.1) is 0 Å². The van der Waals surface area contributed by atoms with Crippen LogP contribution in [0.3, 0.4) is 0 Å². The molecule has 1 aromatic heterocycles. The van der Waals surface area contributed by atoms with Gasteiger partial charge in [-0.05, 0) is 12.1 Å². The molecule has 1 heterocycles. The number of rotatable bonds is 3. The first-order chi connectivity index (χ1) is 7.40. The van der Waals surface area contributed by atoms with Gasteiger partial charge in [0.25, 0.3) is 0 Å². The van der Waals surface area contributed by atoms with Crippen molar-refractivity contribution in [3.05, 3.63) is 18.3 Å². The van der Waals surface area contributed by atoms with Crippen LogP contribution in [-0.2, 0) is 4.79 Å². The molecule has 0 fully saturated rings. The fourth-order valence-corrected chi connectivity index (χ4v) is 1.00. The molecule has 0 aromatic carbocycles. The SMILES string of the molecule is CNc1ccc(NC(=O)CC(F)(F)F)cn1. The van der Waals surface area contributed by atoms with Crippen LogP contribution in [0.15, 0.2) is 18.3 Å². The molecule has 0 radical (unpaired) electrons. The Bertz CT molecular complexity index is 361. The van der Waals surface area contributed by atoms with Crippen molar-refractivity contribution in [3.8, 4) is 0 Å². The van der Waals surface area contributed by atoms with Crippen LogP contribution in [0.2, 0.25) is 0 Å². The van der Waals surface area contributed by atoms with E-state index in [2.05, 4.69) is 15.6 Å². The summed E-state index contributed by atoms with van der Waals surface area (Å²) in [5.41, 5.74) is 0.230. The highest BCUT2D eigenvalue weighted by atomic mass is 19.4. The van der Waals surface area contributed by atoms with Crippen molar-refractivity contribution in [2.24, 2.45) is 0 Å². The van der Waals surface area contributed by atoms with E-state index in [0.29, 0.717) is 5.82 Å². The molecule has 0 atom stereocenters. The topological polar surface area (TPSA) is 54.0 Å². The Labute approximate surface area is 89.9 Å². The first-order valence-electron chi connectivity index (χ1n) is 4.41. The fourth-order valence-electron chi connectivity index (χ4n) is 1.00. The normalized spacial score (nSPS) is 11.0. The Morgan fingerprint density at radius 3 is 2.56 bits per heavy atom. The van der Waals surface area contributed by atoms with Crippen LogP contribution in [0.4, 0.5) is 24.7 Å². The maximum atomic E-state index is 11.8. The highest BCUT2D eigenvalue weighted by Crippen LogP contribution is 2.20. The lowest BCUT2D eigenvalue weighted by Gasteiger charge is -2.07. The number of aromatic nitrogens is 1. The van der Waals surface area contributed by atoms with Gasteiger partial charge in [0.05, 0.1) is 11.9 Å². The first-order valence-corrected chi connectivity index (χ1v) is 4.41. The van der Waals surface area contributed by atoms with Crippen molar-refractivity contribution >= 4 is 17.4 Å². The minimum Gasteiger partial charge on any atom is -0.373 e. The van der Waals surface area contributed by atoms with Gasteiger partial charge >= 0.3 is 6.18 Å². The van der Waals surface area contributed by atoms with Gasteiger partial charge in [0, 0.05) is 7.05 Å². The van der Waals surface area contributed by atoms with E-state index in [9.17, 15) is 18.0 Å². The van der Waals surface area contributed by atoms with Crippen LogP contribution >= 0.6 is 0 Å². The van der Waals surface area contributed by atoms with E-state index >= 15 is 0 Å². The first kappa shape index (κ1) is 12.3. The minimum atomic E-state index is -4.50. The van der Waals surface area contributed by atoms with E-state index in [1.807, 2.05) is 0 Å². The number of amides is 1. The molecule has 0 aliphatic carbocycles. The molecule has 0 aliphatic rings. The Morgan fingerprint density at radius 2 is 2.12 bits per heavy atom. The number of hydrogen-bond acceptors (Lipinski definition) is 3. The van der Waals surface area contributed by atoms with Crippen LogP contribution in [0.5, 0.6) is 0 Å². The summed E-state index contributed by atoms with van der Waals surface area (Å²) < 4.78 is 35.5. The molecule has 0 saturated heterocycles. The summed E-state index contributed by atoms with van der Waals surface area (Å²) in [6, 6.07) is 3.01. The predicted octanol–water partition coefficient (Wildman–Crippen LogP) is 2.01. The molecule has 0 unspecified atom stereocenters. The monoisotopic (exact) mass is 233 g/mol. The standard InChI is InChI=1S/C9H10F3N3O/c1-13-7-3-2-6(5-14-7)15-8(16)4-9(10,11)12/h2-3,5H,4H2,1H3,(H,13,14)(H,15,16). The van der Waals surface area contributed by atoms with Crippen LogP contribution in [0.1, 0.15) is 6.42 Å². The fraction of sp³-hybridized carbons (Fsp3) is 0.333. The molecule has 0 aliphatic heterocycles. The number of nitrogens with zero attached hydrogens (tertiary/aromatic N) is 1. The maximum absolute atomic E-state index is 11.8. The van der Waals surface area contributed by atoms with E-state index < -0.39 is 18.5 Å². The molecule has 1 rings (SSSR count). The number of nitrogens with one attached hydrogen (secondary N) is 2. The van der Waals surface area contributed by atoms with E-state index in [1.54, 1.807) is 13.1 Å². The van der Waals surface area contributed by atoms with Crippen molar-refractivity contribution in [2.75, 3.05) is 17.7 Å². The van der Waals surface area contributed by atoms with Crippen LogP contribution < -0.4 is 10.6 Å². The lowest BCUT2D eigenvalue weighted by molar-refractivity contribution is -0.150. The van der Waals surface area contributed by atoms with E-state index in [4.69, 9.17) is 0 Å². The summed E-state index contributed by atoms with van der Waals surface area (Å²) in [6.45, 7) is 0. The second-order valence-electron chi connectivity index (χ2n) is 3.02. The number of halogens is 3. The van der Waals surface area contributed by atoms with E-state index in [1.165, 1.54) is 12.3 Å². The lowest BCUT2D eigenvalue weighted by atomic mass is 10.3. The lowest BCUT2D eigenvalue weighted by Crippen LogP contribution is -2.21. The van der Waals surface area contributed by atoms with Crippen LogP contribution in [0, 0.1) is 0 Å². The summed E-state index contributed by atoms with van der Waals surface area (Å²) in [6.07, 6.45) is -4.72. The van der Waals surface area contributed by atoms with Gasteiger partial charge in [0.1, 0.15) is 12.2 Å². The summed E-state index contributed by atoms with van der Waals surface area (Å²) >= 11 is 0. The molecule has 4 nitrogen and oxygen atoms in total. The van der Waals surface area contributed by atoms with Gasteiger partial charge in [-0.25, -0.2) is 4.98 Å². The second-order valence-corrected chi connectivity index (χ2v) is 3.02. The number of alkyl halides is 3. The van der Waals surface area contributed by atoms with E-state index in [-0.39, 0.29) is 5.69 Å². The Hall–Kier alpha value is -1.79. The quantitative estimate of drug-likeness (QED) is 0.839. The summed E-state index contributed by atoms with van der Waals surface area (Å²) in [5.74, 6) is -0.541. The van der Waals surface area contributed by atoms with Gasteiger partial charge in [0.2, 0.25) is 5.91 Å². The molecular weight excluding hydrogens is 223 g/mol. The van der Waals surface area contributed by atoms with Gasteiger partial charge in [-0.3, -0.25) is 4.79 Å². The van der Waals surface area contributed by atoms with Crippen LogP contribution in [-0.4, -0.2) is 24.1 Å². The average molecular weight is 233 g/mol. The Morgan fingerprint density at radius 1 is 1.44 bits per heavy atom.